The van der Waals surface area contributed by atoms with E-state index < -0.39 is 28.6 Å². The number of nitrogens with one attached hydrogen (secondary N) is 2. The van der Waals surface area contributed by atoms with Gasteiger partial charge >= 0.3 is 6.18 Å². The Morgan fingerprint density at radius 2 is 1.74 bits per heavy atom. The lowest BCUT2D eigenvalue weighted by Crippen LogP contribution is -2.21. The van der Waals surface area contributed by atoms with Gasteiger partial charge in [-0.3, -0.25) is 14.6 Å². The van der Waals surface area contributed by atoms with Crippen LogP contribution in [-0.2, 0) is 6.18 Å². The lowest BCUT2D eigenvalue weighted by Gasteiger charge is -2.10. The molecule has 0 radical (unpaired) electrons. The zero-order valence-corrected chi connectivity index (χ0v) is 16.4. The molecule has 2 N–H and O–H groups in total. The number of para-hydroxylation sites is 1. The minimum Gasteiger partial charge on any atom is -0.320 e. The molecule has 6 nitrogen and oxygen atoms in total. The Morgan fingerprint density at radius 1 is 1.00 bits per heavy atom. The predicted molar refractivity (Wildman–Crippen MR) is 110 cm³/mol. The van der Waals surface area contributed by atoms with E-state index in [-0.39, 0.29) is 22.5 Å². The number of aromatic nitrogens is 1. The molecule has 2 amide bonds. The molecule has 0 saturated heterocycles. The molecule has 0 aliphatic rings. The molecule has 0 spiro atoms. The van der Waals surface area contributed by atoms with Crippen molar-refractivity contribution in [2.75, 3.05) is 5.32 Å². The van der Waals surface area contributed by atoms with Crippen molar-refractivity contribution < 1.29 is 22.8 Å². The first-order chi connectivity index (χ1) is 14.8. The summed E-state index contributed by atoms with van der Waals surface area (Å²) in [6.45, 7) is 0. The van der Waals surface area contributed by atoms with Crippen LogP contribution in [0.2, 0.25) is 5.02 Å². The number of carbonyl (C=O) groups is 2. The van der Waals surface area contributed by atoms with Crippen molar-refractivity contribution in [3.63, 3.8) is 0 Å². The van der Waals surface area contributed by atoms with Crippen LogP contribution in [0.15, 0.2) is 72.0 Å². The normalized spacial score (nSPS) is 11.4. The summed E-state index contributed by atoms with van der Waals surface area (Å²) >= 11 is 5.58. The number of hydrazone groups is 1. The number of rotatable bonds is 5. The Hall–Kier alpha value is -3.72. The number of benzene rings is 2. The van der Waals surface area contributed by atoms with Gasteiger partial charge in [0.25, 0.3) is 11.8 Å². The van der Waals surface area contributed by atoms with Crippen molar-refractivity contribution in [3.05, 3.63) is 94.3 Å². The van der Waals surface area contributed by atoms with Crippen LogP contribution in [0, 0.1) is 0 Å². The second-order valence-corrected chi connectivity index (χ2v) is 6.56. The number of carbonyl (C=O) groups excluding carboxylic acids is 2. The van der Waals surface area contributed by atoms with Gasteiger partial charge in [0.05, 0.1) is 28.1 Å². The third-order valence-electron chi connectivity index (χ3n) is 3.99. The van der Waals surface area contributed by atoms with Gasteiger partial charge in [-0.15, -0.1) is 0 Å². The van der Waals surface area contributed by atoms with E-state index in [4.69, 9.17) is 11.6 Å². The summed E-state index contributed by atoms with van der Waals surface area (Å²) in [5.41, 5.74) is 1.80. The van der Waals surface area contributed by atoms with Crippen LogP contribution < -0.4 is 10.7 Å². The molecule has 0 unspecified atom stereocenters. The van der Waals surface area contributed by atoms with Crippen LogP contribution in [0.25, 0.3) is 0 Å². The molecule has 3 aromatic rings. The fourth-order valence-corrected chi connectivity index (χ4v) is 2.76. The fourth-order valence-electron chi connectivity index (χ4n) is 2.54. The number of hydrogen-bond donors (Lipinski definition) is 2. The molecule has 10 heteroatoms. The Balaban J connectivity index is 1.73. The van der Waals surface area contributed by atoms with Gasteiger partial charge in [0.2, 0.25) is 0 Å². The van der Waals surface area contributed by atoms with E-state index in [0.717, 1.165) is 18.3 Å². The molecule has 31 heavy (non-hydrogen) atoms. The first-order valence-corrected chi connectivity index (χ1v) is 9.15. The highest BCUT2D eigenvalue weighted by Crippen LogP contribution is 2.34. The van der Waals surface area contributed by atoms with E-state index in [1.54, 1.807) is 24.3 Å². The van der Waals surface area contributed by atoms with Crippen LogP contribution in [0.3, 0.4) is 0 Å². The molecule has 0 bridgehead atoms. The molecule has 1 heterocycles. The van der Waals surface area contributed by atoms with Gasteiger partial charge in [-0.25, -0.2) is 5.43 Å². The van der Waals surface area contributed by atoms with Crippen LogP contribution >= 0.6 is 11.6 Å². The number of amides is 2. The van der Waals surface area contributed by atoms with E-state index in [9.17, 15) is 22.8 Å². The van der Waals surface area contributed by atoms with E-state index >= 15 is 0 Å². The van der Waals surface area contributed by atoms with Gasteiger partial charge in [0.1, 0.15) is 5.69 Å². The Labute approximate surface area is 179 Å². The lowest BCUT2D eigenvalue weighted by atomic mass is 10.1. The number of hydrogen-bond acceptors (Lipinski definition) is 4. The molecule has 0 aliphatic heterocycles. The SMILES string of the molecule is O=C(Nc1ccccc1C(=O)NN=Cc1ccc(Cl)c(C(F)(F)F)c1)c1ccccn1. The maximum atomic E-state index is 12.9. The van der Waals surface area contributed by atoms with Crippen molar-refractivity contribution in [2.24, 2.45) is 5.10 Å². The largest absolute Gasteiger partial charge is 0.417 e. The molecule has 158 valence electrons. The minimum atomic E-state index is -4.62. The number of nitrogens with zero attached hydrogens (tertiary/aromatic N) is 2. The molecule has 0 atom stereocenters. The number of pyridine rings is 1. The summed E-state index contributed by atoms with van der Waals surface area (Å²) in [7, 11) is 0. The number of alkyl halides is 3. The average molecular weight is 447 g/mol. The molecule has 0 saturated carbocycles. The van der Waals surface area contributed by atoms with Crippen LogP contribution in [0.5, 0.6) is 0 Å². The van der Waals surface area contributed by atoms with Crippen molar-refractivity contribution >= 4 is 35.3 Å². The summed E-state index contributed by atoms with van der Waals surface area (Å²) in [5, 5.41) is 5.84. The van der Waals surface area contributed by atoms with Crippen molar-refractivity contribution in [2.45, 2.75) is 6.18 Å². The van der Waals surface area contributed by atoms with Gasteiger partial charge in [-0.05, 0) is 42.0 Å². The molecule has 3 rings (SSSR count). The summed E-state index contributed by atoms with van der Waals surface area (Å²) < 4.78 is 38.8. The van der Waals surface area contributed by atoms with E-state index in [2.05, 4.69) is 20.8 Å². The van der Waals surface area contributed by atoms with Crippen molar-refractivity contribution in [3.8, 4) is 0 Å². The number of halogens is 4. The first-order valence-electron chi connectivity index (χ1n) is 8.77. The summed E-state index contributed by atoms with van der Waals surface area (Å²) in [6, 6.07) is 14.3. The highest BCUT2D eigenvalue weighted by Gasteiger charge is 2.33. The second kappa shape index (κ2) is 9.40. The molecular formula is C21H14ClF3N4O2. The van der Waals surface area contributed by atoms with Gasteiger partial charge in [0.15, 0.2) is 0 Å². The van der Waals surface area contributed by atoms with Gasteiger partial charge < -0.3 is 5.32 Å². The Bertz CT molecular complexity index is 1130. The van der Waals surface area contributed by atoms with Gasteiger partial charge in [0, 0.05) is 6.20 Å². The van der Waals surface area contributed by atoms with E-state index in [1.165, 1.54) is 30.5 Å². The molecular weight excluding hydrogens is 433 g/mol. The minimum absolute atomic E-state index is 0.0914. The predicted octanol–water partition coefficient (Wildman–Crippen LogP) is 4.77. The van der Waals surface area contributed by atoms with Crippen LogP contribution in [0.1, 0.15) is 32.0 Å². The highest BCUT2D eigenvalue weighted by molar-refractivity contribution is 6.31. The van der Waals surface area contributed by atoms with E-state index in [0.29, 0.717) is 0 Å². The Kier molecular flexibility index (Phi) is 6.66. The molecule has 0 fully saturated rings. The first kappa shape index (κ1) is 22.0. The van der Waals surface area contributed by atoms with Crippen LogP contribution in [-0.4, -0.2) is 23.0 Å². The maximum absolute atomic E-state index is 12.9. The second-order valence-electron chi connectivity index (χ2n) is 6.15. The molecule has 1 aromatic heterocycles. The third-order valence-corrected chi connectivity index (χ3v) is 4.32. The molecule has 0 aliphatic carbocycles. The number of anilines is 1. The zero-order chi connectivity index (χ0) is 22.4. The maximum Gasteiger partial charge on any atom is 0.417 e. The van der Waals surface area contributed by atoms with Crippen molar-refractivity contribution in [1.29, 1.82) is 0 Å². The molecule has 2 aromatic carbocycles. The van der Waals surface area contributed by atoms with E-state index in [1.807, 2.05) is 0 Å². The van der Waals surface area contributed by atoms with Gasteiger partial charge in [-0.1, -0.05) is 35.9 Å². The average Bonchev–Trinajstić information content (AvgIpc) is 2.75. The summed E-state index contributed by atoms with van der Waals surface area (Å²) in [6.07, 6.45) is -2.10. The standard InChI is InChI=1S/C21H14ClF3N4O2/c22-16-9-8-13(11-15(16)21(23,24)25)12-27-29-19(30)14-5-1-2-6-17(14)28-20(31)18-7-3-4-10-26-18/h1-12H,(H,28,31)(H,29,30). The Morgan fingerprint density at radius 3 is 2.45 bits per heavy atom. The highest BCUT2D eigenvalue weighted by atomic mass is 35.5. The lowest BCUT2D eigenvalue weighted by molar-refractivity contribution is -0.137. The van der Waals surface area contributed by atoms with Gasteiger partial charge in [-0.2, -0.15) is 18.3 Å². The zero-order valence-electron chi connectivity index (χ0n) is 15.7. The van der Waals surface area contributed by atoms with Crippen LogP contribution in [0.4, 0.5) is 18.9 Å². The summed E-state index contributed by atoms with van der Waals surface area (Å²) in [5.74, 6) is -1.18. The third kappa shape index (κ3) is 5.67. The fraction of sp³-hybridized carbons (Fsp3) is 0.0476. The smallest absolute Gasteiger partial charge is 0.320 e. The quantitative estimate of drug-likeness (QED) is 0.437. The summed E-state index contributed by atoms with van der Waals surface area (Å²) in [4.78, 5) is 28.7. The van der Waals surface area contributed by atoms with Crippen molar-refractivity contribution in [1.82, 2.24) is 10.4 Å². The monoisotopic (exact) mass is 446 g/mol. The topological polar surface area (TPSA) is 83.5 Å².